The predicted octanol–water partition coefficient (Wildman–Crippen LogP) is 2.67. The molecule has 0 saturated heterocycles. The van der Waals surface area contributed by atoms with Crippen LogP contribution in [0.25, 0.3) is 0 Å². The van der Waals surface area contributed by atoms with Crippen LogP contribution in [-0.2, 0) is 16.3 Å². The summed E-state index contributed by atoms with van der Waals surface area (Å²) in [6, 6.07) is 0. The molecule has 3 nitrogen and oxygen atoms in total. The molecule has 0 rings (SSSR count). The molecule has 0 aliphatic heterocycles. The van der Waals surface area contributed by atoms with E-state index in [1.54, 1.807) is 0 Å². The van der Waals surface area contributed by atoms with E-state index in [-0.39, 0.29) is 6.10 Å². The summed E-state index contributed by atoms with van der Waals surface area (Å²) in [5, 5.41) is 0. The topological polar surface area (TPSA) is 49.7 Å². The molecular formula is C9H21O3PS. The van der Waals surface area contributed by atoms with E-state index in [9.17, 15) is 0 Å². The Morgan fingerprint density at radius 1 is 1.07 bits per heavy atom. The Hall–Kier alpha value is 0.530. The average Bonchev–Trinajstić information content (AvgIpc) is 1.77. The van der Waals surface area contributed by atoms with E-state index in [4.69, 9.17) is 14.3 Å². The lowest BCUT2D eigenvalue weighted by atomic mass is 9.98. The lowest BCUT2D eigenvalue weighted by Crippen LogP contribution is -2.16. The molecule has 0 saturated carbocycles. The molecule has 0 bridgehead atoms. The first-order chi connectivity index (χ1) is 6.20. The summed E-state index contributed by atoms with van der Waals surface area (Å²) in [5.74, 6) is 0.945. The third-order valence-corrected chi connectivity index (χ3v) is 2.59. The minimum absolute atomic E-state index is 0.129. The van der Waals surface area contributed by atoms with E-state index < -0.39 is 6.72 Å². The van der Waals surface area contributed by atoms with Crippen molar-refractivity contribution in [2.75, 3.05) is 0 Å². The minimum atomic E-state index is -3.50. The molecule has 0 unspecified atom stereocenters. The van der Waals surface area contributed by atoms with E-state index in [1.807, 2.05) is 0 Å². The van der Waals surface area contributed by atoms with E-state index in [1.165, 1.54) is 0 Å². The Kier molecular flexibility index (Phi) is 6.42. The van der Waals surface area contributed by atoms with Gasteiger partial charge in [-0.25, -0.2) is 0 Å². The first-order valence-electron chi connectivity index (χ1n) is 4.94. The lowest BCUT2D eigenvalue weighted by Gasteiger charge is -2.23. The van der Waals surface area contributed by atoms with Crippen molar-refractivity contribution in [2.45, 2.75) is 46.6 Å². The molecule has 5 heteroatoms. The van der Waals surface area contributed by atoms with Gasteiger partial charge in [-0.2, -0.15) is 0 Å². The van der Waals surface area contributed by atoms with Gasteiger partial charge in [-0.3, -0.25) is 0 Å². The second kappa shape index (κ2) is 6.19. The van der Waals surface area contributed by atoms with Crippen molar-refractivity contribution in [1.29, 1.82) is 0 Å². The molecule has 0 aromatic carbocycles. The zero-order valence-corrected chi connectivity index (χ0v) is 11.0. The molecule has 2 N–H and O–H groups in total. The van der Waals surface area contributed by atoms with Crippen LogP contribution in [0.1, 0.15) is 40.5 Å². The molecule has 0 fully saturated rings. The van der Waals surface area contributed by atoms with Gasteiger partial charge in [-0.05, 0) is 36.5 Å². The SMILES string of the molecule is CC(C)CC(CC(C)C)OP(O)(O)=S. The smallest absolute Gasteiger partial charge is 0.322 e. The van der Waals surface area contributed by atoms with E-state index in [0.29, 0.717) is 11.8 Å². The summed E-state index contributed by atoms with van der Waals surface area (Å²) in [4.78, 5) is 18.1. The Labute approximate surface area is 91.7 Å². The van der Waals surface area contributed by atoms with Crippen molar-refractivity contribution in [2.24, 2.45) is 11.8 Å². The second-order valence-corrected chi connectivity index (χ2v) is 7.10. The van der Waals surface area contributed by atoms with Crippen LogP contribution in [0.4, 0.5) is 0 Å². The van der Waals surface area contributed by atoms with Gasteiger partial charge in [-0.1, -0.05) is 27.7 Å². The first kappa shape index (κ1) is 14.5. The number of rotatable bonds is 6. The predicted molar refractivity (Wildman–Crippen MR) is 62.5 cm³/mol. The highest BCUT2D eigenvalue weighted by Gasteiger charge is 2.20. The van der Waals surface area contributed by atoms with E-state index in [2.05, 4.69) is 39.5 Å². The highest BCUT2D eigenvalue weighted by atomic mass is 32.5. The molecule has 0 amide bonds. The number of hydrogen-bond acceptors (Lipinski definition) is 2. The second-order valence-electron chi connectivity index (χ2n) is 4.48. The molecule has 0 radical (unpaired) electrons. The maximum atomic E-state index is 9.07. The van der Waals surface area contributed by atoms with Crippen molar-refractivity contribution in [3.8, 4) is 0 Å². The van der Waals surface area contributed by atoms with Crippen LogP contribution in [0.15, 0.2) is 0 Å². The third-order valence-electron chi connectivity index (χ3n) is 1.75. The van der Waals surface area contributed by atoms with Gasteiger partial charge in [0.1, 0.15) is 0 Å². The number of hydrogen-bond donors (Lipinski definition) is 2. The standard InChI is InChI=1S/C9H21O3PS/c1-7(2)5-9(6-8(3)4)12-13(10,11)14/h7-9H,5-6H2,1-4H3,(H2,10,11,14). The summed E-state index contributed by atoms with van der Waals surface area (Å²) in [5.41, 5.74) is 0. The Morgan fingerprint density at radius 3 is 1.64 bits per heavy atom. The van der Waals surface area contributed by atoms with Crippen LogP contribution in [0.3, 0.4) is 0 Å². The van der Waals surface area contributed by atoms with E-state index in [0.717, 1.165) is 12.8 Å². The van der Waals surface area contributed by atoms with Crippen molar-refractivity contribution >= 4 is 18.5 Å². The highest BCUT2D eigenvalue weighted by Crippen LogP contribution is 2.40. The Balaban J connectivity index is 4.18. The van der Waals surface area contributed by atoms with Crippen LogP contribution in [-0.4, -0.2) is 15.9 Å². The van der Waals surface area contributed by atoms with Gasteiger partial charge in [0, 0.05) is 0 Å². The van der Waals surface area contributed by atoms with Crippen LogP contribution in [0.2, 0.25) is 0 Å². The molecule has 0 aliphatic carbocycles. The average molecular weight is 240 g/mol. The molecular weight excluding hydrogens is 219 g/mol. The lowest BCUT2D eigenvalue weighted by molar-refractivity contribution is 0.127. The van der Waals surface area contributed by atoms with Gasteiger partial charge in [0.15, 0.2) is 0 Å². The highest BCUT2D eigenvalue weighted by molar-refractivity contribution is 8.06. The zero-order chi connectivity index (χ0) is 11.4. The van der Waals surface area contributed by atoms with Crippen LogP contribution >= 0.6 is 6.72 Å². The molecule has 0 heterocycles. The zero-order valence-electron chi connectivity index (χ0n) is 9.30. The quantitative estimate of drug-likeness (QED) is 0.701. The van der Waals surface area contributed by atoms with Gasteiger partial charge in [0.05, 0.1) is 6.10 Å². The summed E-state index contributed by atoms with van der Waals surface area (Å²) >= 11 is 4.47. The summed E-state index contributed by atoms with van der Waals surface area (Å²) in [7, 11) is 0. The summed E-state index contributed by atoms with van der Waals surface area (Å²) < 4.78 is 5.10. The molecule has 0 aromatic rings. The largest absolute Gasteiger partial charge is 0.325 e. The molecule has 0 atom stereocenters. The van der Waals surface area contributed by atoms with Crippen molar-refractivity contribution in [3.63, 3.8) is 0 Å². The normalized spacial score (nSPS) is 13.2. The van der Waals surface area contributed by atoms with Crippen molar-refractivity contribution in [1.82, 2.24) is 0 Å². The van der Waals surface area contributed by atoms with Crippen molar-refractivity contribution in [3.05, 3.63) is 0 Å². The van der Waals surface area contributed by atoms with E-state index >= 15 is 0 Å². The van der Waals surface area contributed by atoms with Gasteiger partial charge in [-0.15, -0.1) is 0 Å². The Bertz CT molecular complexity index is 190. The van der Waals surface area contributed by atoms with Gasteiger partial charge in [0.2, 0.25) is 0 Å². The van der Waals surface area contributed by atoms with Crippen LogP contribution in [0.5, 0.6) is 0 Å². The summed E-state index contributed by atoms with van der Waals surface area (Å²) in [6.45, 7) is 4.81. The third kappa shape index (κ3) is 9.10. The maximum Gasteiger partial charge on any atom is 0.322 e. The van der Waals surface area contributed by atoms with Crippen LogP contribution < -0.4 is 0 Å². The molecule has 14 heavy (non-hydrogen) atoms. The monoisotopic (exact) mass is 240 g/mol. The fourth-order valence-electron chi connectivity index (χ4n) is 1.43. The molecule has 0 spiro atoms. The fourth-order valence-corrected chi connectivity index (χ4v) is 2.35. The summed E-state index contributed by atoms with van der Waals surface area (Å²) in [6.07, 6.45) is 1.51. The van der Waals surface area contributed by atoms with Crippen LogP contribution in [0, 0.1) is 11.8 Å². The molecule has 0 aromatic heterocycles. The minimum Gasteiger partial charge on any atom is -0.325 e. The van der Waals surface area contributed by atoms with Gasteiger partial charge in [0.25, 0.3) is 0 Å². The molecule has 86 valence electrons. The first-order valence-corrected chi connectivity index (χ1v) is 7.57. The van der Waals surface area contributed by atoms with Gasteiger partial charge < -0.3 is 14.3 Å². The molecule has 0 aliphatic rings. The maximum absolute atomic E-state index is 9.07. The Morgan fingerprint density at radius 2 is 1.43 bits per heavy atom. The van der Waals surface area contributed by atoms with Gasteiger partial charge >= 0.3 is 6.72 Å². The van der Waals surface area contributed by atoms with Crippen molar-refractivity contribution < 1.29 is 14.3 Å². The fraction of sp³-hybridized carbons (Fsp3) is 1.00.